The number of carbonyl (C=O) groups excluding carboxylic acids is 1. The van der Waals surface area contributed by atoms with E-state index in [0.717, 1.165) is 10.0 Å². The summed E-state index contributed by atoms with van der Waals surface area (Å²) in [5, 5.41) is 2.77. The molecule has 0 heterocycles. The van der Waals surface area contributed by atoms with Crippen molar-refractivity contribution in [3.8, 4) is 5.75 Å². The Morgan fingerprint density at radius 3 is 2.48 bits per heavy atom. The molecule has 0 aliphatic heterocycles. The van der Waals surface area contributed by atoms with E-state index in [9.17, 15) is 9.18 Å². The summed E-state index contributed by atoms with van der Waals surface area (Å²) in [6.45, 7) is 1.22. The molecule has 0 saturated heterocycles. The lowest BCUT2D eigenvalue weighted by Crippen LogP contribution is -2.38. The summed E-state index contributed by atoms with van der Waals surface area (Å²) >= 11 is 3.38. The first kappa shape index (κ1) is 17.3. The number of rotatable bonds is 6. The van der Waals surface area contributed by atoms with Crippen LogP contribution in [0.1, 0.15) is 5.56 Å². The second-order valence-corrected chi connectivity index (χ2v) is 5.93. The molecule has 0 fully saturated rings. The molecule has 0 saturated carbocycles. The predicted octanol–water partition coefficient (Wildman–Crippen LogP) is 3.81. The summed E-state index contributed by atoms with van der Waals surface area (Å²) in [4.78, 5) is 13.6. The zero-order chi connectivity index (χ0) is 16.7. The topological polar surface area (TPSA) is 41.6 Å². The van der Waals surface area contributed by atoms with Gasteiger partial charge in [0.15, 0.2) is 0 Å². The molecular formula is C17H18BrFN2O2. The third-order valence-electron chi connectivity index (χ3n) is 3.14. The Hall–Kier alpha value is -2.08. The van der Waals surface area contributed by atoms with Gasteiger partial charge in [0.2, 0.25) is 0 Å². The number of hydrogen-bond acceptors (Lipinski definition) is 2. The molecule has 4 nitrogen and oxygen atoms in total. The molecule has 0 radical (unpaired) electrons. The lowest BCUT2D eigenvalue weighted by molar-refractivity contribution is 0.203. The summed E-state index contributed by atoms with van der Waals surface area (Å²) in [6, 6.07) is 13.4. The minimum atomic E-state index is -0.305. The number of ether oxygens (including phenoxy) is 1. The van der Waals surface area contributed by atoms with Gasteiger partial charge in [-0.05, 0) is 42.0 Å². The average Bonchev–Trinajstić information content (AvgIpc) is 2.55. The lowest BCUT2D eigenvalue weighted by atomic mass is 10.2. The molecule has 6 heteroatoms. The van der Waals surface area contributed by atoms with Crippen molar-refractivity contribution in [3.05, 3.63) is 64.4 Å². The van der Waals surface area contributed by atoms with Crippen LogP contribution in [-0.2, 0) is 6.54 Å². The molecule has 0 atom stereocenters. The van der Waals surface area contributed by atoms with E-state index in [4.69, 9.17) is 4.74 Å². The Kier molecular flexibility index (Phi) is 6.40. The Balaban J connectivity index is 1.69. The van der Waals surface area contributed by atoms with Gasteiger partial charge in [0.05, 0.1) is 6.54 Å². The Labute approximate surface area is 143 Å². The quantitative estimate of drug-likeness (QED) is 0.774. The molecule has 2 aromatic rings. The van der Waals surface area contributed by atoms with E-state index < -0.39 is 0 Å². The molecule has 0 aromatic heterocycles. The van der Waals surface area contributed by atoms with E-state index in [0.29, 0.717) is 25.4 Å². The highest BCUT2D eigenvalue weighted by atomic mass is 79.9. The third kappa shape index (κ3) is 5.90. The molecule has 2 rings (SSSR count). The highest BCUT2D eigenvalue weighted by molar-refractivity contribution is 9.10. The van der Waals surface area contributed by atoms with Crippen molar-refractivity contribution in [2.45, 2.75) is 6.54 Å². The highest BCUT2D eigenvalue weighted by Gasteiger charge is 2.08. The van der Waals surface area contributed by atoms with Crippen LogP contribution in [0.4, 0.5) is 9.18 Å². The molecule has 0 aliphatic carbocycles. The predicted molar refractivity (Wildman–Crippen MR) is 90.9 cm³/mol. The minimum absolute atomic E-state index is 0.171. The first-order chi connectivity index (χ1) is 11.0. The maximum atomic E-state index is 12.8. The monoisotopic (exact) mass is 380 g/mol. The molecule has 23 heavy (non-hydrogen) atoms. The highest BCUT2D eigenvalue weighted by Crippen LogP contribution is 2.12. The van der Waals surface area contributed by atoms with Crippen molar-refractivity contribution in [1.82, 2.24) is 10.2 Å². The molecule has 0 spiro atoms. The third-order valence-corrected chi connectivity index (χ3v) is 3.67. The Bertz CT molecular complexity index is 632. The first-order valence-electron chi connectivity index (χ1n) is 7.16. The summed E-state index contributed by atoms with van der Waals surface area (Å²) < 4.78 is 19.2. The summed E-state index contributed by atoms with van der Waals surface area (Å²) in [5.74, 6) is 0.268. The molecular weight excluding hydrogens is 363 g/mol. The fourth-order valence-corrected chi connectivity index (χ4v) is 2.19. The maximum Gasteiger partial charge on any atom is 0.317 e. The largest absolute Gasteiger partial charge is 0.492 e. The number of carbonyl (C=O) groups is 1. The SMILES string of the molecule is CN(Cc1ccc(Br)cc1)C(=O)NCCOc1ccc(F)cc1. The van der Waals surface area contributed by atoms with E-state index in [2.05, 4.69) is 21.2 Å². The zero-order valence-electron chi connectivity index (χ0n) is 12.8. The minimum Gasteiger partial charge on any atom is -0.492 e. The molecule has 2 amide bonds. The maximum absolute atomic E-state index is 12.8. The Morgan fingerprint density at radius 2 is 1.83 bits per heavy atom. The number of nitrogens with one attached hydrogen (secondary N) is 1. The van der Waals surface area contributed by atoms with Crippen molar-refractivity contribution < 1.29 is 13.9 Å². The van der Waals surface area contributed by atoms with Crippen molar-refractivity contribution in [3.63, 3.8) is 0 Å². The van der Waals surface area contributed by atoms with Gasteiger partial charge in [-0.1, -0.05) is 28.1 Å². The van der Waals surface area contributed by atoms with Gasteiger partial charge in [-0.2, -0.15) is 0 Å². The van der Waals surface area contributed by atoms with E-state index in [-0.39, 0.29) is 11.8 Å². The van der Waals surface area contributed by atoms with Gasteiger partial charge >= 0.3 is 6.03 Å². The van der Waals surface area contributed by atoms with Crippen molar-refractivity contribution in [1.29, 1.82) is 0 Å². The molecule has 0 aliphatic rings. The van der Waals surface area contributed by atoms with Crippen LogP contribution in [-0.4, -0.2) is 31.1 Å². The molecule has 0 bridgehead atoms. The van der Waals surface area contributed by atoms with E-state index in [1.165, 1.54) is 12.1 Å². The number of nitrogens with zero attached hydrogens (tertiary/aromatic N) is 1. The van der Waals surface area contributed by atoms with Gasteiger partial charge in [0, 0.05) is 18.1 Å². The summed E-state index contributed by atoms with van der Waals surface area (Å²) in [5.41, 5.74) is 1.05. The van der Waals surface area contributed by atoms with Gasteiger partial charge in [-0.25, -0.2) is 9.18 Å². The van der Waals surface area contributed by atoms with Crippen LogP contribution >= 0.6 is 15.9 Å². The number of urea groups is 1. The van der Waals surface area contributed by atoms with Crippen molar-refractivity contribution in [2.24, 2.45) is 0 Å². The smallest absolute Gasteiger partial charge is 0.317 e. The zero-order valence-corrected chi connectivity index (χ0v) is 14.3. The second-order valence-electron chi connectivity index (χ2n) is 5.02. The van der Waals surface area contributed by atoms with Gasteiger partial charge in [0.25, 0.3) is 0 Å². The molecule has 2 aromatic carbocycles. The van der Waals surface area contributed by atoms with Crippen LogP contribution in [0.3, 0.4) is 0 Å². The number of halogens is 2. The number of benzene rings is 2. The van der Waals surface area contributed by atoms with Gasteiger partial charge in [-0.3, -0.25) is 0 Å². The van der Waals surface area contributed by atoms with Crippen molar-refractivity contribution in [2.75, 3.05) is 20.2 Å². The molecule has 1 N–H and O–H groups in total. The summed E-state index contributed by atoms with van der Waals surface area (Å²) in [7, 11) is 1.73. The van der Waals surface area contributed by atoms with Crippen LogP contribution < -0.4 is 10.1 Å². The molecule has 122 valence electrons. The van der Waals surface area contributed by atoms with Crippen molar-refractivity contribution >= 4 is 22.0 Å². The lowest BCUT2D eigenvalue weighted by Gasteiger charge is -2.18. The number of amides is 2. The average molecular weight is 381 g/mol. The van der Waals surface area contributed by atoms with Crippen LogP contribution in [0.5, 0.6) is 5.75 Å². The second kappa shape index (κ2) is 8.53. The normalized spacial score (nSPS) is 10.2. The van der Waals surface area contributed by atoms with E-state index in [1.54, 1.807) is 24.1 Å². The summed E-state index contributed by atoms with van der Waals surface area (Å²) in [6.07, 6.45) is 0. The molecule has 0 unspecified atom stereocenters. The number of hydrogen-bond donors (Lipinski definition) is 1. The fourth-order valence-electron chi connectivity index (χ4n) is 1.93. The van der Waals surface area contributed by atoms with Crippen LogP contribution in [0.25, 0.3) is 0 Å². The van der Waals surface area contributed by atoms with Crippen LogP contribution in [0, 0.1) is 5.82 Å². The Morgan fingerprint density at radius 1 is 1.17 bits per heavy atom. The fraction of sp³-hybridized carbons (Fsp3) is 0.235. The standard InChI is InChI=1S/C17H18BrFN2O2/c1-21(12-13-2-4-14(18)5-3-13)17(22)20-10-11-23-16-8-6-15(19)7-9-16/h2-9H,10-12H2,1H3,(H,20,22). The van der Waals surface area contributed by atoms with Gasteiger partial charge in [-0.15, -0.1) is 0 Å². The first-order valence-corrected chi connectivity index (χ1v) is 7.95. The van der Waals surface area contributed by atoms with E-state index >= 15 is 0 Å². The van der Waals surface area contributed by atoms with Gasteiger partial charge < -0.3 is 15.0 Å². The van der Waals surface area contributed by atoms with Crippen LogP contribution in [0.2, 0.25) is 0 Å². The van der Waals surface area contributed by atoms with E-state index in [1.807, 2.05) is 24.3 Å². The van der Waals surface area contributed by atoms with Gasteiger partial charge in [0.1, 0.15) is 18.2 Å². The van der Waals surface area contributed by atoms with Crippen LogP contribution in [0.15, 0.2) is 53.0 Å².